The number of carbonyl (C=O) groups excluding carboxylic acids is 2. The smallest absolute Gasteiger partial charge is 0.354 e. The molecule has 204 valence electrons. The molecule has 2 amide bonds. The van der Waals surface area contributed by atoms with Crippen LogP contribution in [-0.2, 0) is 32.3 Å². The zero-order valence-electron chi connectivity index (χ0n) is 21.0. The van der Waals surface area contributed by atoms with Crippen molar-refractivity contribution in [3.05, 3.63) is 64.7 Å². The largest absolute Gasteiger partial charge is 0.416 e. The number of sulfonamides is 1. The fraction of sp³-hybridized carbons (Fsp3) is 0.440. The van der Waals surface area contributed by atoms with E-state index in [4.69, 9.17) is 11.6 Å². The Kier molecular flexibility index (Phi) is 10.4. The van der Waals surface area contributed by atoms with Gasteiger partial charge in [-0.15, -0.1) is 0 Å². The molecule has 37 heavy (non-hydrogen) atoms. The lowest BCUT2D eigenvalue weighted by Crippen LogP contribution is -2.52. The van der Waals surface area contributed by atoms with Gasteiger partial charge in [-0.3, -0.25) is 13.9 Å². The van der Waals surface area contributed by atoms with Gasteiger partial charge < -0.3 is 10.2 Å². The Bertz CT molecular complexity index is 1210. The number of halogens is 4. The molecule has 7 nitrogen and oxygen atoms in total. The third-order valence-electron chi connectivity index (χ3n) is 5.51. The van der Waals surface area contributed by atoms with E-state index in [2.05, 4.69) is 5.32 Å². The van der Waals surface area contributed by atoms with Gasteiger partial charge in [0.05, 0.1) is 17.5 Å². The fourth-order valence-corrected chi connectivity index (χ4v) is 4.64. The standard InChI is InChI=1S/C25H31ClF3N3O4S/c1-5-22(24(34)30-14-17(2)3)31(15-18-9-6-7-12-21(18)26)23(33)16-32(37(4,35)36)20-11-8-10-19(13-20)25(27,28)29/h6-13,17,22H,5,14-16H2,1-4H3,(H,30,34)/t22-/m0/s1. The van der Waals surface area contributed by atoms with E-state index < -0.39 is 46.2 Å². The number of hydrogen-bond donors (Lipinski definition) is 1. The number of rotatable bonds is 11. The molecular formula is C25H31ClF3N3O4S. The van der Waals surface area contributed by atoms with Crippen molar-refractivity contribution in [3.63, 3.8) is 0 Å². The first-order valence-electron chi connectivity index (χ1n) is 11.6. The first-order valence-corrected chi connectivity index (χ1v) is 13.8. The van der Waals surface area contributed by atoms with E-state index in [0.717, 1.165) is 18.4 Å². The average molecular weight is 562 g/mol. The summed E-state index contributed by atoms with van der Waals surface area (Å²) in [5, 5.41) is 3.13. The van der Waals surface area contributed by atoms with Crippen molar-refractivity contribution >= 4 is 39.1 Å². The minimum absolute atomic E-state index is 0.105. The molecule has 0 unspecified atom stereocenters. The summed E-state index contributed by atoms with van der Waals surface area (Å²) in [6.07, 6.45) is -3.70. The van der Waals surface area contributed by atoms with Gasteiger partial charge in [-0.1, -0.05) is 56.6 Å². The van der Waals surface area contributed by atoms with Crippen LogP contribution in [0.5, 0.6) is 0 Å². The number of alkyl halides is 3. The average Bonchev–Trinajstić information content (AvgIpc) is 2.80. The summed E-state index contributed by atoms with van der Waals surface area (Å²) in [5.74, 6) is -1.05. The Hall–Kier alpha value is -2.79. The Balaban J connectivity index is 2.49. The third-order valence-corrected chi connectivity index (χ3v) is 7.02. The maximum Gasteiger partial charge on any atom is 0.416 e. The van der Waals surface area contributed by atoms with Crippen molar-refractivity contribution in [2.45, 2.75) is 46.0 Å². The Morgan fingerprint density at radius 3 is 2.27 bits per heavy atom. The topological polar surface area (TPSA) is 86.8 Å². The summed E-state index contributed by atoms with van der Waals surface area (Å²) in [6.45, 7) is 4.97. The van der Waals surface area contributed by atoms with Crippen LogP contribution in [0.3, 0.4) is 0 Å². The molecule has 12 heteroatoms. The first kappa shape index (κ1) is 30.4. The molecule has 2 aromatic carbocycles. The minimum Gasteiger partial charge on any atom is -0.354 e. The maximum atomic E-state index is 13.6. The van der Waals surface area contributed by atoms with E-state index in [1.54, 1.807) is 31.2 Å². The van der Waals surface area contributed by atoms with Crippen LogP contribution in [0.25, 0.3) is 0 Å². The quantitative estimate of drug-likeness (QED) is 0.431. The van der Waals surface area contributed by atoms with Crippen LogP contribution >= 0.6 is 11.6 Å². The second kappa shape index (κ2) is 12.6. The molecule has 0 spiro atoms. The highest BCUT2D eigenvalue weighted by Gasteiger charge is 2.34. The van der Waals surface area contributed by atoms with E-state index in [-0.39, 0.29) is 24.6 Å². The highest BCUT2D eigenvalue weighted by Crippen LogP contribution is 2.32. The molecule has 0 aromatic heterocycles. The van der Waals surface area contributed by atoms with Gasteiger partial charge >= 0.3 is 6.18 Å². The van der Waals surface area contributed by atoms with E-state index in [9.17, 15) is 31.2 Å². The van der Waals surface area contributed by atoms with Gasteiger partial charge in [0.15, 0.2) is 0 Å². The number of amides is 2. The zero-order valence-corrected chi connectivity index (χ0v) is 22.6. The summed E-state index contributed by atoms with van der Waals surface area (Å²) in [4.78, 5) is 27.8. The summed E-state index contributed by atoms with van der Waals surface area (Å²) < 4.78 is 65.6. The van der Waals surface area contributed by atoms with Crippen molar-refractivity contribution in [1.82, 2.24) is 10.2 Å². The molecule has 0 saturated heterocycles. The summed E-state index contributed by atoms with van der Waals surface area (Å²) in [7, 11) is -4.17. The Morgan fingerprint density at radius 2 is 1.73 bits per heavy atom. The summed E-state index contributed by atoms with van der Waals surface area (Å²) in [6, 6.07) is 9.43. The maximum absolute atomic E-state index is 13.6. The highest BCUT2D eigenvalue weighted by molar-refractivity contribution is 7.92. The highest BCUT2D eigenvalue weighted by atomic mass is 35.5. The first-order chi connectivity index (χ1) is 17.1. The Morgan fingerprint density at radius 1 is 1.08 bits per heavy atom. The SMILES string of the molecule is CC[C@@H](C(=O)NCC(C)C)N(Cc1ccccc1Cl)C(=O)CN(c1cccc(C(F)(F)F)c1)S(C)(=O)=O. The third kappa shape index (κ3) is 8.63. The molecule has 1 N–H and O–H groups in total. The van der Waals surface area contributed by atoms with Gasteiger partial charge in [-0.2, -0.15) is 13.2 Å². The fourth-order valence-electron chi connectivity index (χ4n) is 3.60. The summed E-state index contributed by atoms with van der Waals surface area (Å²) >= 11 is 6.29. The molecule has 0 aliphatic heterocycles. The van der Waals surface area contributed by atoms with Crippen molar-refractivity contribution < 1.29 is 31.2 Å². The van der Waals surface area contributed by atoms with E-state index >= 15 is 0 Å². The lowest BCUT2D eigenvalue weighted by molar-refractivity contribution is -0.140. The van der Waals surface area contributed by atoms with Crippen LogP contribution in [0.2, 0.25) is 5.02 Å². The van der Waals surface area contributed by atoms with Crippen LogP contribution < -0.4 is 9.62 Å². The number of anilines is 1. The van der Waals surface area contributed by atoms with Crippen molar-refractivity contribution in [3.8, 4) is 0 Å². The second-order valence-electron chi connectivity index (χ2n) is 8.99. The second-order valence-corrected chi connectivity index (χ2v) is 11.3. The normalized spacial score (nSPS) is 12.8. The van der Waals surface area contributed by atoms with E-state index in [0.29, 0.717) is 27.5 Å². The van der Waals surface area contributed by atoms with Crippen LogP contribution in [0, 0.1) is 5.92 Å². The zero-order chi connectivity index (χ0) is 28.0. The number of nitrogens with one attached hydrogen (secondary N) is 1. The Labute approximate surface area is 220 Å². The number of benzene rings is 2. The van der Waals surface area contributed by atoms with Crippen LogP contribution in [0.4, 0.5) is 18.9 Å². The molecule has 0 bridgehead atoms. The van der Waals surface area contributed by atoms with Gasteiger partial charge in [-0.05, 0) is 42.2 Å². The van der Waals surface area contributed by atoms with E-state index in [1.807, 2.05) is 13.8 Å². The summed E-state index contributed by atoms with van der Waals surface area (Å²) in [5.41, 5.74) is -0.850. The van der Waals surface area contributed by atoms with Crippen molar-refractivity contribution in [2.75, 3.05) is 23.7 Å². The molecular weight excluding hydrogens is 531 g/mol. The molecule has 0 heterocycles. The molecule has 0 aliphatic rings. The lowest BCUT2D eigenvalue weighted by Gasteiger charge is -2.33. The van der Waals surface area contributed by atoms with Gasteiger partial charge in [-0.25, -0.2) is 8.42 Å². The van der Waals surface area contributed by atoms with Gasteiger partial charge in [0, 0.05) is 18.1 Å². The van der Waals surface area contributed by atoms with Gasteiger partial charge in [0.1, 0.15) is 12.6 Å². The molecule has 2 aromatic rings. The number of nitrogens with zero attached hydrogens (tertiary/aromatic N) is 2. The number of hydrogen-bond acceptors (Lipinski definition) is 4. The van der Waals surface area contributed by atoms with Crippen molar-refractivity contribution in [2.24, 2.45) is 5.92 Å². The van der Waals surface area contributed by atoms with Crippen LogP contribution in [0.15, 0.2) is 48.5 Å². The molecule has 0 fully saturated rings. The molecule has 0 radical (unpaired) electrons. The van der Waals surface area contributed by atoms with Gasteiger partial charge in [0.25, 0.3) is 0 Å². The minimum atomic E-state index is -4.71. The monoisotopic (exact) mass is 561 g/mol. The molecule has 1 atom stereocenters. The predicted molar refractivity (Wildman–Crippen MR) is 138 cm³/mol. The lowest BCUT2D eigenvalue weighted by atomic mass is 10.1. The van der Waals surface area contributed by atoms with Crippen LogP contribution in [0.1, 0.15) is 38.3 Å². The van der Waals surface area contributed by atoms with Gasteiger partial charge in [0.2, 0.25) is 21.8 Å². The van der Waals surface area contributed by atoms with Crippen LogP contribution in [-0.4, -0.2) is 50.5 Å². The van der Waals surface area contributed by atoms with E-state index in [1.165, 1.54) is 11.0 Å². The van der Waals surface area contributed by atoms with Crippen molar-refractivity contribution in [1.29, 1.82) is 0 Å². The molecule has 2 rings (SSSR count). The predicted octanol–water partition coefficient (Wildman–Crippen LogP) is 4.70. The molecule has 0 saturated carbocycles. The number of carbonyl (C=O) groups is 2. The molecule has 0 aliphatic carbocycles.